The first kappa shape index (κ1) is 16.4. The van der Waals surface area contributed by atoms with Crippen molar-refractivity contribution in [2.75, 3.05) is 33.3 Å². The molecule has 1 saturated heterocycles. The lowest BCUT2D eigenvalue weighted by Crippen LogP contribution is -2.51. The number of rotatable bonds is 6. The SMILES string of the molecule is CCOC(=O)C(C)(CCN1CCC(C)(C)CC1)NC. The lowest BCUT2D eigenvalue weighted by molar-refractivity contribution is -0.150. The van der Waals surface area contributed by atoms with Crippen molar-refractivity contribution in [3.05, 3.63) is 0 Å². The van der Waals surface area contributed by atoms with Gasteiger partial charge in [0.05, 0.1) is 6.61 Å². The molecule has 1 fully saturated rings. The van der Waals surface area contributed by atoms with Crippen molar-refractivity contribution in [1.29, 1.82) is 0 Å². The number of carbonyl (C=O) groups is 1. The van der Waals surface area contributed by atoms with E-state index in [-0.39, 0.29) is 5.97 Å². The van der Waals surface area contributed by atoms with Gasteiger partial charge >= 0.3 is 5.97 Å². The molecule has 0 aromatic rings. The van der Waals surface area contributed by atoms with Crippen LogP contribution in [0.2, 0.25) is 0 Å². The second-order valence-corrected chi connectivity index (χ2v) is 6.56. The number of hydrogen-bond donors (Lipinski definition) is 1. The molecule has 0 saturated carbocycles. The Labute approximate surface area is 117 Å². The van der Waals surface area contributed by atoms with Gasteiger partial charge in [-0.3, -0.25) is 4.79 Å². The molecule has 0 amide bonds. The van der Waals surface area contributed by atoms with Crippen LogP contribution in [0.5, 0.6) is 0 Å². The summed E-state index contributed by atoms with van der Waals surface area (Å²) in [5.74, 6) is -0.144. The smallest absolute Gasteiger partial charge is 0.326 e. The van der Waals surface area contributed by atoms with Crippen LogP contribution in [0.4, 0.5) is 0 Å². The third-order valence-electron chi connectivity index (χ3n) is 4.42. The van der Waals surface area contributed by atoms with Gasteiger partial charge in [0.2, 0.25) is 0 Å². The fraction of sp³-hybridized carbons (Fsp3) is 0.933. The number of likely N-dealkylation sites (tertiary alicyclic amines) is 1. The Morgan fingerprint density at radius 2 is 1.95 bits per heavy atom. The summed E-state index contributed by atoms with van der Waals surface area (Å²) in [5.41, 5.74) is -0.0904. The van der Waals surface area contributed by atoms with Gasteiger partial charge in [0.25, 0.3) is 0 Å². The molecule has 1 unspecified atom stereocenters. The van der Waals surface area contributed by atoms with Crippen LogP contribution in [0.3, 0.4) is 0 Å². The normalized spacial score (nSPS) is 22.8. The fourth-order valence-electron chi connectivity index (χ4n) is 2.38. The molecular weight excluding hydrogens is 240 g/mol. The molecule has 4 heteroatoms. The van der Waals surface area contributed by atoms with Crippen LogP contribution in [-0.2, 0) is 9.53 Å². The predicted octanol–water partition coefficient (Wildman–Crippen LogP) is 2.04. The molecule has 0 spiro atoms. The average molecular weight is 270 g/mol. The van der Waals surface area contributed by atoms with E-state index in [0.717, 1.165) is 26.1 Å². The van der Waals surface area contributed by atoms with Crippen molar-refractivity contribution < 1.29 is 9.53 Å². The summed E-state index contributed by atoms with van der Waals surface area (Å²) in [4.78, 5) is 14.4. The van der Waals surface area contributed by atoms with E-state index in [9.17, 15) is 4.79 Å². The number of esters is 1. The van der Waals surface area contributed by atoms with Crippen LogP contribution < -0.4 is 5.32 Å². The molecule has 1 heterocycles. The first-order valence-corrected chi connectivity index (χ1v) is 7.41. The number of hydrogen-bond acceptors (Lipinski definition) is 4. The second kappa shape index (κ2) is 6.71. The summed E-state index contributed by atoms with van der Waals surface area (Å²) in [6.07, 6.45) is 3.27. The molecule has 1 N–H and O–H groups in total. The molecule has 1 aliphatic heterocycles. The number of nitrogens with zero attached hydrogens (tertiary/aromatic N) is 1. The summed E-state index contributed by atoms with van der Waals surface area (Å²) in [6, 6.07) is 0. The molecule has 19 heavy (non-hydrogen) atoms. The fourth-order valence-corrected chi connectivity index (χ4v) is 2.38. The third-order valence-corrected chi connectivity index (χ3v) is 4.42. The minimum absolute atomic E-state index is 0.144. The molecule has 1 atom stereocenters. The number of carbonyl (C=O) groups excluding carboxylic acids is 1. The highest BCUT2D eigenvalue weighted by Gasteiger charge is 2.34. The molecule has 112 valence electrons. The highest BCUT2D eigenvalue weighted by molar-refractivity contribution is 5.80. The Balaban J connectivity index is 2.43. The van der Waals surface area contributed by atoms with E-state index in [1.165, 1.54) is 12.8 Å². The third kappa shape index (κ3) is 4.77. The van der Waals surface area contributed by atoms with E-state index in [1.54, 1.807) is 0 Å². The molecular formula is C15H30N2O2. The van der Waals surface area contributed by atoms with Crippen molar-refractivity contribution >= 4 is 5.97 Å². The van der Waals surface area contributed by atoms with Crippen LogP contribution in [-0.4, -0.2) is 49.7 Å². The van der Waals surface area contributed by atoms with Gasteiger partial charge in [-0.05, 0) is 58.7 Å². The standard InChI is InChI=1S/C15H30N2O2/c1-6-19-13(18)15(4,16-5)9-12-17-10-7-14(2,3)8-11-17/h16H,6-12H2,1-5H3. The zero-order valence-electron chi connectivity index (χ0n) is 13.2. The zero-order valence-corrected chi connectivity index (χ0v) is 13.2. The number of nitrogens with one attached hydrogen (secondary N) is 1. The topological polar surface area (TPSA) is 41.6 Å². The van der Waals surface area contributed by atoms with Gasteiger partial charge in [-0.1, -0.05) is 13.8 Å². The average Bonchev–Trinajstić information content (AvgIpc) is 2.37. The van der Waals surface area contributed by atoms with E-state index < -0.39 is 5.54 Å². The molecule has 1 aliphatic rings. The van der Waals surface area contributed by atoms with Crippen LogP contribution in [0.1, 0.15) is 47.0 Å². The van der Waals surface area contributed by atoms with Crippen molar-refractivity contribution in [3.8, 4) is 0 Å². The minimum atomic E-state index is -0.566. The summed E-state index contributed by atoms with van der Waals surface area (Å²) in [7, 11) is 1.83. The van der Waals surface area contributed by atoms with Gasteiger partial charge in [-0.25, -0.2) is 0 Å². The molecule has 1 rings (SSSR count). The summed E-state index contributed by atoms with van der Waals surface area (Å²) < 4.78 is 5.15. The highest BCUT2D eigenvalue weighted by atomic mass is 16.5. The van der Waals surface area contributed by atoms with Crippen LogP contribution >= 0.6 is 0 Å². The van der Waals surface area contributed by atoms with Gasteiger partial charge < -0.3 is 15.0 Å². The van der Waals surface area contributed by atoms with Crippen molar-refractivity contribution in [1.82, 2.24) is 10.2 Å². The number of piperidine rings is 1. The van der Waals surface area contributed by atoms with Gasteiger partial charge in [0.15, 0.2) is 0 Å². The Kier molecular flexibility index (Phi) is 5.81. The molecule has 0 aromatic carbocycles. The van der Waals surface area contributed by atoms with Crippen molar-refractivity contribution in [2.24, 2.45) is 5.41 Å². The Morgan fingerprint density at radius 1 is 1.37 bits per heavy atom. The minimum Gasteiger partial charge on any atom is -0.465 e. The van der Waals surface area contributed by atoms with Gasteiger partial charge in [0.1, 0.15) is 5.54 Å². The monoisotopic (exact) mass is 270 g/mol. The predicted molar refractivity (Wildman–Crippen MR) is 78.2 cm³/mol. The summed E-state index contributed by atoms with van der Waals surface area (Å²) in [6.45, 7) is 12.1. The van der Waals surface area contributed by atoms with E-state index in [1.807, 2.05) is 20.9 Å². The van der Waals surface area contributed by atoms with E-state index in [2.05, 4.69) is 24.1 Å². The van der Waals surface area contributed by atoms with E-state index in [0.29, 0.717) is 12.0 Å². The first-order valence-electron chi connectivity index (χ1n) is 7.41. The van der Waals surface area contributed by atoms with Gasteiger partial charge in [-0.15, -0.1) is 0 Å². The van der Waals surface area contributed by atoms with Gasteiger partial charge in [0, 0.05) is 6.54 Å². The molecule has 4 nitrogen and oxygen atoms in total. The molecule has 0 radical (unpaired) electrons. The quantitative estimate of drug-likeness (QED) is 0.750. The Bertz CT molecular complexity index is 295. The maximum Gasteiger partial charge on any atom is 0.326 e. The molecule has 0 bridgehead atoms. The Hall–Kier alpha value is -0.610. The summed E-state index contributed by atoms with van der Waals surface area (Å²) >= 11 is 0. The van der Waals surface area contributed by atoms with Crippen molar-refractivity contribution in [2.45, 2.75) is 52.5 Å². The zero-order chi connectivity index (χ0) is 14.5. The number of ether oxygens (including phenoxy) is 1. The van der Waals surface area contributed by atoms with E-state index in [4.69, 9.17) is 4.74 Å². The maximum absolute atomic E-state index is 12.0. The first-order chi connectivity index (χ1) is 8.83. The lowest BCUT2D eigenvalue weighted by atomic mass is 9.82. The lowest BCUT2D eigenvalue weighted by Gasteiger charge is -2.38. The highest BCUT2D eigenvalue weighted by Crippen LogP contribution is 2.30. The second-order valence-electron chi connectivity index (χ2n) is 6.56. The maximum atomic E-state index is 12.0. The molecule has 0 aromatic heterocycles. The van der Waals surface area contributed by atoms with Gasteiger partial charge in [-0.2, -0.15) is 0 Å². The Morgan fingerprint density at radius 3 is 2.42 bits per heavy atom. The van der Waals surface area contributed by atoms with Crippen molar-refractivity contribution in [3.63, 3.8) is 0 Å². The van der Waals surface area contributed by atoms with Crippen LogP contribution in [0.15, 0.2) is 0 Å². The van der Waals surface area contributed by atoms with E-state index >= 15 is 0 Å². The largest absolute Gasteiger partial charge is 0.465 e. The molecule has 0 aliphatic carbocycles. The number of likely N-dealkylation sites (N-methyl/N-ethyl adjacent to an activating group) is 1. The van der Waals surface area contributed by atoms with Crippen LogP contribution in [0.25, 0.3) is 0 Å². The summed E-state index contributed by atoms with van der Waals surface area (Å²) in [5, 5.41) is 3.12. The van der Waals surface area contributed by atoms with Crippen LogP contribution in [0, 0.1) is 5.41 Å².